The third-order valence-electron chi connectivity index (χ3n) is 8.45. The first-order valence-electron chi connectivity index (χ1n) is 14.6. The molecule has 2 saturated heterocycles. The maximum absolute atomic E-state index is 11.8. The SMILES string of the molecule is CNCc1c(C)cc(C)[nH]c1=O.Cc1cn(C(C)C)c2cc(-c3ccc(N4CC5CCNC5C4)nc3)cc(C=O)c12. The fourth-order valence-corrected chi connectivity index (χ4v) is 6.37. The highest BCUT2D eigenvalue weighted by Gasteiger charge is 2.36. The van der Waals surface area contributed by atoms with Gasteiger partial charge >= 0.3 is 0 Å². The van der Waals surface area contributed by atoms with E-state index in [1.165, 1.54) is 6.42 Å². The molecule has 4 aromatic rings. The molecule has 0 bridgehead atoms. The molecule has 0 spiro atoms. The molecule has 1 aromatic carbocycles. The van der Waals surface area contributed by atoms with Crippen LogP contribution in [0.4, 0.5) is 5.82 Å². The number of carbonyl (C=O) groups is 1. The van der Waals surface area contributed by atoms with Crippen LogP contribution in [0.1, 0.15) is 59.1 Å². The van der Waals surface area contributed by atoms with Crippen molar-refractivity contribution in [3.63, 3.8) is 0 Å². The highest BCUT2D eigenvalue weighted by Crippen LogP contribution is 2.33. The van der Waals surface area contributed by atoms with Crippen LogP contribution in [0.25, 0.3) is 22.0 Å². The standard InChI is InChI=1S/C24H28N4O.C9H14N2O/c1-15(2)28-11-16(3)24-20(14-29)8-19(9-22(24)28)17-4-5-23(26-10-17)27-12-18-6-7-25-21(18)13-27;1-6-4-7(2)11-9(12)8(6)5-10-3/h4-5,8-11,14-15,18,21,25H,6-7,12-13H2,1-3H3;4,10H,5H2,1-3H3,(H,11,12). The van der Waals surface area contributed by atoms with Crippen molar-refractivity contribution in [2.24, 2.45) is 5.92 Å². The topological polar surface area (TPSA) is 95.1 Å². The van der Waals surface area contributed by atoms with Gasteiger partial charge in [0.25, 0.3) is 5.56 Å². The number of nitrogens with zero attached hydrogens (tertiary/aromatic N) is 3. The zero-order valence-corrected chi connectivity index (χ0v) is 25.0. The Balaban J connectivity index is 0.000000237. The molecule has 6 rings (SSSR count). The minimum atomic E-state index is 0.0156. The molecule has 41 heavy (non-hydrogen) atoms. The lowest BCUT2D eigenvalue weighted by molar-refractivity contribution is 0.112. The predicted octanol–water partition coefficient (Wildman–Crippen LogP) is 4.91. The van der Waals surface area contributed by atoms with Crippen molar-refractivity contribution < 1.29 is 4.79 Å². The van der Waals surface area contributed by atoms with Gasteiger partial charge in [0, 0.05) is 77.4 Å². The molecule has 0 saturated carbocycles. The minimum Gasteiger partial charge on any atom is -0.355 e. The van der Waals surface area contributed by atoms with E-state index in [1.54, 1.807) is 0 Å². The number of hydrogen-bond acceptors (Lipinski definition) is 6. The van der Waals surface area contributed by atoms with E-state index in [1.807, 2.05) is 39.2 Å². The number of aromatic amines is 1. The number of anilines is 1. The van der Waals surface area contributed by atoms with Gasteiger partial charge in [0.15, 0.2) is 6.29 Å². The average molecular weight is 555 g/mol. The third-order valence-corrected chi connectivity index (χ3v) is 8.45. The molecule has 0 amide bonds. The normalized spacial score (nSPS) is 18.1. The van der Waals surface area contributed by atoms with Gasteiger partial charge < -0.3 is 25.1 Å². The predicted molar refractivity (Wildman–Crippen MR) is 167 cm³/mol. The summed E-state index contributed by atoms with van der Waals surface area (Å²) in [6.07, 6.45) is 6.33. The lowest BCUT2D eigenvalue weighted by Gasteiger charge is -2.18. The molecule has 2 atom stereocenters. The number of aryl methyl sites for hydroxylation is 3. The van der Waals surface area contributed by atoms with Crippen LogP contribution < -0.4 is 21.1 Å². The monoisotopic (exact) mass is 554 g/mol. The van der Waals surface area contributed by atoms with E-state index < -0.39 is 0 Å². The summed E-state index contributed by atoms with van der Waals surface area (Å²) in [5, 5.41) is 7.62. The second-order valence-corrected chi connectivity index (χ2v) is 11.8. The molecule has 2 fully saturated rings. The lowest BCUT2D eigenvalue weighted by Crippen LogP contribution is -2.30. The van der Waals surface area contributed by atoms with Crippen molar-refractivity contribution >= 4 is 23.0 Å². The smallest absolute Gasteiger partial charge is 0.252 e. The number of pyridine rings is 2. The number of rotatable bonds is 6. The number of aromatic nitrogens is 3. The van der Waals surface area contributed by atoms with Crippen LogP contribution >= 0.6 is 0 Å². The Morgan fingerprint density at radius 2 is 1.90 bits per heavy atom. The Hall–Kier alpha value is -3.75. The van der Waals surface area contributed by atoms with E-state index in [9.17, 15) is 9.59 Å². The molecule has 216 valence electrons. The summed E-state index contributed by atoms with van der Waals surface area (Å²) in [5.41, 5.74) is 7.89. The van der Waals surface area contributed by atoms with Gasteiger partial charge in [-0.1, -0.05) is 0 Å². The zero-order valence-electron chi connectivity index (χ0n) is 25.0. The van der Waals surface area contributed by atoms with Crippen molar-refractivity contribution in [2.75, 3.05) is 31.6 Å². The summed E-state index contributed by atoms with van der Waals surface area (Å²) < 4.78 is 2.25. The molecule has 2 aliphatic heterocycles. The second-order valence-electron chi connectivity index (χ2n) is 11.8. The quantitative estimate of drug-likeness (QED) is 0.293. The van der Waals surface area contributed by atoms with Crippen LogP contribution in [-0.2, 0) is 6.54 Å². The van der Waals surface area contributed by atoms with E-state index in [0.29, 0.717) is 18.6 Å². The van der Waals surface area contributed by atoms with Gasteiger partial charge in [-0.05, 0) is 108 Å². The number of hydrogen-bond donors (Lipinski definition) is 3. The third kappa shape index (κ3) is 5.85. The van der Waals surface area contributed by atoms with Crippen LogP contribution in [0.5, 0.6) is 0 Å². The summed E-state index contributed by atoms with van der Waals surface area (Å²) in [6, 6.07) is 11.4. The largest absolute Gasteiger partial charge is 0.355 e. The van der Waals surface area contributed by atoms with Crippen LogP contribution in [0.3, 0.4) is 0 Å². The van der Waals surface area contributed by atoms with Gasteiger partial charge in [-0.15, -0.1) is 0 Å². The Bertz CT molecular complexity index is 1590. The van der Waals surface area contributed by atoms with E-state index >= 15 is 0 Å². The zero-order chi connectivity index (χ0) is 29.3. The maximum Gasteiger partial charge on any atom is 0.252 e. The number of H-pyrrole nitrogens is 1. The summed E-state index contributed by atoms with van der Waals surface area (Å²) in [5.74, 6) is 1.80. The van der Waals surface area contributed by atoms with Gasteiger partial charge in [-0.25, -0.2) is 4.98 Å². The molecule has 2 aliphatic rings. The van der Waals surface area contributed by atoms with Gasteiger partial charge in [0.2, 0.25) is 0 Å². The second kappa shape index (κ2) is 12.0. The van der Waals surface area contributed by atoms with Gasteiger partial charge in [-0.2, -0.15) is 0 Å². The number of benzene rings is 1. The number of carbonyl (C=O) groups excluding carboxylic acids is 1. The number of aldehydes is 1. The van der Waals surface area contributed by atoms with E-state index in [0.717, 1.165) is 87.6 Å². The Morgan fingerprint density at radius 3 is 2.54 bits per heavy atom. The molecule has 8 heteroatoms. The Morgan fingerprint density at radius 1 is 1.10 bits per heavy atom. The first-order chi connectivity index (χ1) is 19.7. The molecule has 0 aliphatic carbocycles. The van der Waals surface area contributed by atoms with Crippen molar-refractivity contribution in [1.82, 2.24) is 25.2 Å². The van der Waals surface area contributed by atoms with E-state index in [-0.39, 0.29) is 5.56 Å². The Labute approximate surface area is 242 Å². The van der Waals surface area contributed by atoms with Crippen molar-refractivity contribution in [2.45, 2.75) is 59.7 Å². The highest BCUT2D eigenvalue weighted by atomic mass is 16.1. The summed E-state index contributed by atoms with van der Waals surface area (Å²) in [7, 11) is 1.83. The number of nitrogens with one attached hydrogen (secondary N) is 3. The fraction of sp³-hybridized carbons (Fsp3) is 0.424. The van der Waals surface area contributed by atoms with Gasteiger partial charge in [-0.3, -0.25) is 9.59 Å². The van der Waals surface area contributed by atoms with Crippen LogP contribution in [0, 0.1) is 26.7 Å². The minimum absolute atomic E-state index is 0.0156. The molecular formula is C33H42N6O2. The first-order valence-corrected chi connectivity index (χ1v) is 14.6. The summed E-state index contributed by atoms with van der Waals surface area (Å²) >= 11 is 0. The van der Waals surface area contributed by atoms with Gasteiger partial charge in [0.05, 0.1) is 0 Å². The average Bonchev–Trinajstić information content (AvgIpc) is 3.65. The number of fused-ring (bicyclic) bond motifs is 2. The summed E-state index contributed by atoms with van der Waals surface area (Å²) in [4.78, 5) is 33.1. The fourth-order valence-electron chi connectivity index (χ4n) is 6.37. The van der Waals surface area contributed by atoms with Crippen LogP contribution in [-0.4, -0.2) is 53.5 Å². The van der Waals surface area contributed by atoms with E-state index in [2.05, 4.69) is 70.3 Å². The molecule has 3 N–H and O–H groups in total. The van der Waals surface area contributed by atoms with Crippen LogP contribution in [0.15, 0.2) is 47.5 Å². The molecule has 0 radical (unpaired) electrons. The van der Waals surface area contributed by atoms with Crippen molar-refractivity contribution in [1.29, 1.82) is 0 Å². The molecular weight excluding hydrogens is 512 g/mol. The van der Waals surface area contributed by atoms with Crippen molar-refractivity contribution in [3.05, 3.63) is 81.0 Å². The maximum atomic E-state index is 11.8. The highest BCUT2D eigenvalue weighted by molar-refractivity contribution is 6.02. The first kappa shape index (κ1) is 28.8. The Kier molecular flexibility index (Phi) is 8.42. The molecule has 5 heterocycles. The van der Waals surface area contributed by atoms with E-state index in [4.69, 9.17) is 4.98 Å². The molecule has 3 aromatic heterocycles. The van der Waals surface area contributed by atoms with Crippen molar-refractivity contribution in [3.8, 4) is 11.1 Å². The van der Waals surface area contributed by atoms with Crippen LogP contribution in [0.2, 0.25) is 0 Å². The molecule has 8 nitrogen and oxygen atoms in total. The molecule has 2 unspecified atom stereocenters. The summed E-state index contributed by atoms with van der Waals surface area (Å²) in [6.45, 7) is 14.2. The lowest BCUT2D eigenvalue weighted by atomic mass is 10.00. The van der Waals surface area contributed by atoms with Gasteiger partial charge in [0.1, 0.15) is 5.82 Å².